The Balaban J connectivity index is 2.42. The molecular formula is C14H14FNO2. The van der Waals surface area contributed by atoms with Crippen molar-refractivity contribution in [3.05, 3.63) is 47.5 Å². The van der Waals surface area contributed by atoms with Crippen LogP contribution in [0.3, 0.4) is 0 Å². The third kappa shape index (κ3) is 2.27. The number of esters is 1. The normalized spacial score (nSPS) is 10.4. The van der Waals surface area contributed by atoms with Crippen molar-refractivity contribution in [1.82, 2.24) is 4.98 Å². The van der Waals surface area contributed by atoms with Crippen molar-refractivity contribution >= 4 is 5.97 Å². The largest absolute Gasteiger partial charge is 0.461 e. The molecule has 2 aromatic rings. The lowest BCUT2D eigenvalue weighted by atomic mass is 10.0. The first-order valence-corrected chi connectivity index (χ1v) is 5.74. The number of aromatic amines is 1. The van der Waals surface area contributed by atoms with Gasteiger partial charge in [0.15, 0.2) is 0 Å². The highest BCUT2D eigenvalue weighted by molar-refractivity contribution is 5.95. The van der Waals surface area contributed by atoms with Gasteiger partial charge >= 0.3 is 5.97 Å². The molecule has 0 unspecified atom stereocenters. The minimum absolute atomic E-state index is 0.257. The SMILES string of the molecule is CCOC(=O)c1[nH]ccc1-c1ccc(F)c(C)c1. The van der Waals surface area contributed by atoms with E-state index < -0.39 is 5.97 Å². The summed E-state index contributed by atoms with van der Waals surface area (Å²) in [5.41, 5.74) is 2.45. The van der Waals surface area contributed by atoms with Gasteiger partial charge in [0.25, 0.3) is 0 Å². The number of halogens is 1. The van der Waals surface area contributed by atoms with Gasteiger partial charge in [-0.2, -0.15) is 0 Å². The van der Waals surface area contributed by atoms with Gasteiger partial charge in [0, 0.05) is 11.8 Å². The molecule has 0 atom stereocenters. The number of hydrogen-bond acceptors (Lipinski definition) is 2. The Labute approximate surface area is 105 Å². The van der Waals surface area contributed by atoms with E-state index in [4.69, 9.17) is 4.74 Å². The summed E-state index contributed by atoms with van der Waals surface area (Å²) < 4.78 is 18.2. The van der Waals surface area contributed by atoms with E-state index in [1.54, 1.807) is 38.2 Å². The highest BCUT2D eigenvalue weighted by Gasteiger charge is 2.15. The van der Waals surface area contributed by atoms with Gasteiger partial charge in [0.2, 0.25) is 0 Å². The van der Waals surface area contributed by atoms with Crippen LogP contribution in [-0.2, 0) is 4.74 Å². The Hall–Kier alpha value is -2.10. The Morgan fingerprint density at radius 3 is 2.83 bits per heavy atom. The average Bonchev–Trinajstić information content (AvgIpc) is 2.82. The minimum Gasteiger partial charge on any atom is -0.461 e. The van der Waals surface area contributed by atoms with Gasteiger partial charge < -0.3 is 9.72 Å². The third-order valence-corrected chi connectivity index (χ3v) is 2.70. The van der Waals surface area contributed by atoms with E-state index in [0.29, 0.717) is 17.9 Å². The minimum atomic E-state index is -0.403. The van der Waals surface area contributed by atoms with E-state index in [2.05, 4.69) is 4.98 Å². The summed E-state index contributed by atoms with van der Waals surface area (Å²) >= 11 is 0. The highest BCUT2D eigenvalue weighted by atomic mass is 19.1. The molecule has 1 aromatic carbocycles. The molecular weight excluding hydrogens is 233 g/mol. The lowest BCUT2D eigenvalue weighted by Crippen LogP contribution is -2.06. The second-order valence-corrected chi connectivity index (χ2v) is 3.95. The molecule has 3 nitrogen and oxygen atoms in total. The van der Waals surface area contributed by atoms with E-state index in [1.165, 1.54) is 6.07 Å². The molecule has 94 valence electrons. The topological polar surface area (TPSA) is 42.1 Å². The molecule has 18 heavy (non-hydrogen) atoms. The predicted molar refractivity (Wildman–Crippen MR) is 66.9 cm³/mol. The van der Waals surface area contributed by atoms with Crippen molar-refractivity contribution in [1.29, 1.82) is 0 Å². The van der Waals surface area contributed by atoms with Crippen LogP contribution in [0, 0.1) is 12.7 Å². The molecule has 0 fully saturated rings. The van der Waals surface area contributed by atoms with Crippen LogP contribution >= 0.6 is 0 Å². The first-order chi connectivity index (χ1) is 8.63. The number of aromatic nitrogens is 1. The monoisotopic (exact) mass is 247 g/mol. The first kappa shape index (κ1) is 12.4. The van der Waals surface area contributed by atoms with Crippen molar-refractivity contribution in [3.8, 4) is 11.1 Å². The van der Waals surface area contributed by atoms with E-state index in [-0.39, 0.29) is 5.82 Å². The van der Waals surface area contributed by atoms with Crippen LogP contribution in [-0.4, -0.2) is 17.6 Å². The number of carbonyl (C=O) groups is 1. The summed E-state index contributed by atoms with van der Waals surface area (Å²) in [6.45, 7) is 3.76. The summed E-state index contributed by atoms with van der Waals surface area (Å²) in [7, 11) is 0. The van der Waals surface area contributed by atoms with Crippen molar-refractivity contribution < 1.29 is 13.9 Å². The van der Waals surface area contributed by atoms with Crippen molar-refractivity contribution in [2.45, 2.75) is 13.8 Å². The van der Waals surface area contributed by atoms with E-state index in [1.807, 2.05) is 0 Å². The fourth-order valence-electron chi connectivity index (χ4n) is 1.79. The van der Waals surface area contributed by atoms with Gasteiger partial charge in [-0.1, -0.05) is 6.07 Å². The Kier molecular flexibility index (Phi) is 3.46. The highest BCUT2D eigenvalue weighted by Crippen LogP contribution is 2.25. The van der Waals surface area contributed by atoms with Crippen molar-refractivity contribution in [2.24, 2.45) is 0 Å². The Morgan fingerprint density at radius 2 is 2.17 bits per heavy atom. The maximum atomic E-state index is 13.2. The molecule has 1 N–H and O–H groups in total. The van der Waals surface area contributed by atoms with Crippen LogP contribution in [0.15, 0.2) is 30.5 Å². The summed E-state index contributed by atoms with van der Waals surface area (Å²) in [4.78, 5) is 14.6. The summed E-state index contributed by atoms with van der Waals surface area (Å²) in [6.07, 6.45) is 1.67. The fourth-order valence-corrected chi connectivity index (χ4v) is 1.79. The van der Waals surface area contributed by atoms with Gasteiger partial charge in [0.05, 0.1) is 6.61 Å². The van der Waals surface area contributed by atoms with Crippen LogP contribution in [0.1, 0.15) is 23.0 Å². The average molecular weight is 247 g/mol. The number of rotatable bonds is 3. The molecule has 0 aliphatic carbocycles. The molecule has 0 radical (unpaired) electrons. The van der Waals surface area contributed by atoms with E-state index >= 15 is 0 Å². The zero-order valence-electron chi connectivity index (χ0n) is 10.3. The first-order valence-electron chi connectivity index (χ1n) is 5.74. The lowest BCUT2D eigenvalue weighted by Gasteiger charge is -2.05. The molecule has 0 spiro atoms. The van der Waals surface area contributed by atoms with E-state index in [0.717, 1.165) is 11.1 Å². The van der Waals surface area contributed by atoms with E-state index in [9.17, 15) is 9.18 Å². The molecule has 1 aromatic heterocycles. The summed E-state index contributed by atoms with van der Waals surface area (Å²) in [5.74, 6) is -0.661. The molecule has 0 bridgehead atoms. The summed E-state index contributed by atoms with van der Waals surface area (Å²) in [5, 5.41) is 0. The predicted octanol–water partition coefficient (Wildman–Crippen LogP) is 3.31. The van der Waals surface area contributed by atoms with Gasteiger partial charge in [-0.3, -0.25) is 0 Å². The smallest absolute Gasteiger partial charge is 0.355 e. The molecule has 4 heteroatoms. The standard InChI is InChI=1S/C14H14FNO2/c1-3-18-14(17)13-11(6-7-16-13)10-4-5-12(15)9(2)8-10/h4-8,16H,3H2,1-2H3. The van der Waals surface area contributed by atoms with Crippen molar-refractivity contribution in [2.75, 3.05) is 6.61 Å². The molecule has 1 heterocycles. The molecule has 0 saturated carbocycles. The van der Waals surface area contributed by atoms with Gasteiger partial charge in [0.1, 0.15) is 11.5 Å². The lowest BCUT2D eigenvalue weighted by molar-refractivity contribution is 0.0521. The number of carbonyl (C=O) groups excluding carboxylic acids is 1. The number of nitrogens with one attached hydrogen (secondary N) is 1. The quantitative estimate of drug-likeness (QED) is 0.845. The molecule has 2 rings (SSSR count). The third-order valence-electron chi connectivity index (χ3n) is 2.70. The van der Waals surface area contributed by atoms with Crippen LogP contribution in [0.25, 0.3) is 11.1 Å². The van der Waals surface area contributed by atoms with Gasteiger partial charge in [-0.05, 0) is 43.2 Å². The molecule has 0 aliphatic heterocycles. The molecule has 0 aliphatic rings. The zero-order chi connectivity index (χ0) is 13.1. The zero-order valence-corrected chi connectivity index (χ0v) is 10.3. The number of ether oxygens (including phenoxy) is 1. The maximum Gasteiger partial charge on any atom is 0.355 e. The Morgan fingerprint density at radius 1 is 1.39 bits per heavy atom. The van der Waals surface area contributed by atoms with Crippen LogP contribution in [0.4, 0.5) is 4.39 Å². The Bertz CT molecular complexity index is 575. The number of H-pyrrole nitrogens is 1. The number of aryl methyl sites for hydroxylation is 1. The van der Waals surface area contributed by atoms with Crippen LogP contribution in [0.5, 0.6) is 0 Å². The fraction of sp³-hybridized carbons (Fsp3) is 0.214. The molecule has 0 amide bonds. The second kappa shape index (κ2) is 5.04. The molecule has 0 saturated heterocycles. The van der Waals surface area contributed by atoms with Crippen LogP contribution < -0.4 is 0 Å². The van der Waals surface area contributed by atoms with Gasteiger partial charge in [-0.25, -0.2) is 9.18 Å². The second-order valence-electron chi connectivity index (χ2n) is 3.95. The summed E-state index contributed by atoms with van der Waals surface area (Å²) in [6, 6.07) is 6.53. The maximum absolute atomic E-state index is 13.2. The van der Waals surface area contributed by atoms with Crippen LogP contribution in [0.2, 0.25) is 0 Å². The van der Waals surface area contributed by atoms with Gasteiger partial charge in [-0.15, -0.1) is 0 Å². The number of benzene rings is 1. The van der Waals surface area contributed by atoms with Crippen molar-refractivity contribution in [3.63, 3.8) is 0 Å². The number of hydrogen-bond donors (Lipinski definition) is 1.